The number of hydrogen-bond acceptors (Lipinski definition) is 4. The fourth-order valence-corrected chi connectivity index (χ4v) is 2.38. The number of halogens is 4. The second-order valence-corrected chi connectivity index (χ2v) is 5.27. The Labute approximate surface area is 119 Å². The molecule has 2 aromatic heterocycles. The van der Waals surface area contributed by atoms with Crippen molar-refractivity contribution in [1.82, 2.24) is 9.97 Å². The molecule has 0 radical (unpaired) electrons. The topological polar surface area (TPSA) is 63.1 Å². The summed E-state index contributed by atoms with van der Waals surface area (Å²) >= 11 is 6.68. The number of alkyl halides is 3. The van der Waals surface area contributed by atoms with Crippen LogP contribution >= 0.6 is 22.9 Å². The van der Waals surface area contributed by atoms with Crippen LogP contribution in [0.25, 0.3) is 0 Å². The van der Waals surface area contributed by atoms with E-state index in [0.717, 1.165) is 17.4 Å². The van der Waals surface area contributed by atoms with Crippen LogP contribution in [0.5, 0.6) is 0 Å². The molecule has 106 valence electrons. The van der Waals surface area contributed by atoms with Crippen molar-refractivity contribution in [3.63, 3.8) is 0 Å². The Balaban J connectivity index is 2.23. The molecule has 0 atom stereocenters. The fraction of sp³-hybridized carbons (Fsp3) is 0.182. The third-order valence-corrected chi connectivity index (χ3v) is 3.64. The van der Waals surface area contributed by atoms with Crippen LogP contribution in [0, 0.1) is 0 Å². The lowest BCUT2D eigenvalue weighted by atomic mass is 10.2. The number of carboxylic acids is 1. The molecule has 0 amide bonds. The molecule has 0 unspecified atom stereocenters. The molecule has 0 fully saturated rings. The number of pyridine rings is 1. The zero-order valence-electron chi connectivity index (χ0n) is 9.61. The Morgan fingerprint density at radius 1 is 1.35 bits per heavy atom. The van der Waals surface area contributed by atoms with Crippen molar-refractivity contribution in [3.8, 4) is 0 Å². The van der Waals surface area contributed by atoms with E-state index >= 15 is 0 Å². The van der Waals surface area contributed by atoms with Crippen molar-refractivity contribution in [2.45, 2.75) is 12.6 Å². The lowest BCUT2D eigenvalue weighted by Gasteiger charge is -2.08. The number of hydrogen-bond donors (Lipinski definition) is 1. The van der Waals surface area contributed by atoms with Gasteiger partial charge in [0.1, 0.15) is 4.88 Å². The van der Waals surface area contributed by atoms with Crippen LogP contribution in [-0.2, 0) is 12.6 Å². The predicted molar refractivity (Wildman–Crippen MR) is 66.1 cm³/mol. The van der Waals surface area contributed by atoms with Crippen LogP contribution in [0.15, 0.2) is 18.5 Å². The summed E-state index contributed by atoms with van der Waals surface area (Å²) < 4.78 is 37.3. The van der Waals surface area contributed by atoms with Gasteiger partial charge in [-0.25, -0.2) is 9.78 Å². The minimum absolute atomic E-state index is 0.0445. The number of nitrogens with zero attached hydrogens (tertiary/aromatic N) is 2. The van der Waals surface area contributed by atoms with E-state index in [4.69, 9.17) is 16.7 Å². The highest BCUT2D eigenvalue weighted by atomic mass is 35.5. The van der Waals surface area contributed by atoms with Crippen molar-refractivity contribution in [2.75, 3.05) is 0 Å². The van der Waals surface area contributed by atoms with Crippen LogP contribution in [0.2, 0.25) is 5.02 Å². The maximum atomic E-state index is 12.4. The average molecular weight is 323 g/mol. The van der Waals surface area contributed by atoms with Gasteiger partial charge in [-0.2, -0.15) is 13.2 Å². The number of aromatic carboxylic acids is 1. The van der Waals surface area contributed by atoms with Gasteiger partial charge in [0, 0.05) is 12.6 Å². The average Bonchev–Trinajstić information content (AvgIpc) is 2.79. The Morgan fingerprint density at radius 2 is 2.05 bits per heavy atom. The van der Waals surface area contributed by atoms with Crippen LogP contribution in [0.4, 0.5) is 13.2 Å². The van der Waals surface area contributed by atoms with Gasteiger partial charge in [0.25, 0.3) is 0 Å². The summed E-state index contributed by atoms with van der Waals surface area (Å²) in [4.78, 5) is 18.3. The number of rotatable bonds is 3. The Morgan fingerprint density at radius 3 is 2.55 bits per heavy atom. The largest absolute Gasteiger partial charge is 0.477 e. The minimum Gasteiger partial charge on any atom is -0.477 e. The van der Waals surface area contributed by atoms with Gasteiger partial charge in [0.15, 0.2) is 0 Å². The molecule has 0 aliphatic carbocycles. The molecular weight excluding hydrogens is 317 g/mol. The third kappa shape index (κ3) is 3.26. The van der Waals surface area contributed by atoms with Crippen LogP contribution in [-0.4, -0.2) is 21.0 Å². The molecule has 0 bridgehead atoms. The summed E-state index contributed by atoms with van der Waals surface area (Å²) in [6.07, 6.45) is -2.56. The molecule has 20 heavy (non-hydrogen) atoms. The quantitative estimate of drug-likeness (QED) is 0.939. The summed E-state index contributed by atoms with van der Waals surface area (Å²) in [7, 11) is 0. The van der Waals surface area contributed by atoms with Crippen molar-refractivity contribution in [1.29, 1.82) is 0 Å². The van der Waals surface area contributed by atoms with Gasteiger partial charge in [-0.3, -0.25) is 4.98 Å². The summed E-state index contributed by atoms with van der Waals surface area (Å²) in [5.74, 6) is -1.11. The van der Waals surface area contributed by atoms with E-state index in [1.54, 1.807) is 0 Å². The van der Waals surface area contributed by atoms with E-state index in [2.05, 4.69) is 9.97 Å². The van der Waals surface area contributed by atoms with Crippen molar-refractivity contribution < 1.29 is 23.1 Å². The van der Waals surface area contributed by atoms with E-state index in [1.807, 2.05) is 0 Å². The molecule has 2 rings (SSSR count). The number of carbonyl (C=O) groups is 1. The van der Waals surface area contributed by atoms with Crippen LogP contribution < -0.4 is 0 Å². The molecule has 2 heterocycles. The summed E-state index contributed by atoms with van der Waals surface area (Å²) in [5.41, 5.74) is -0.720. The monoisotopic (exact) mass is 322 g/mol. The first-order chi connectivity index (χ1) is 9.27. The van der Waals surface area contributed by atoms with E-state index in [-0.39, 0.29) is 22.0 Å². The predicted octanol–water partition coefficient (Wildman–Crippen LogP) is 3.50. The maximum absolute atomic E-state index is 12.4. The lowest BCUT2D eigenvalue weighted by Crippen LogP contribution is -2.06. The molecule has 4 nitrogen and oxygen atoms in total. The number of carboxylic acid groups (broad SMARTS) is 1. The minimum atomic E-state index is -4.51. The molecule has 0 aromatic carbocycles. The zero-order chi connectivity index (χ0) is 14.9. The lowest BCUT2D eigenvalue weighted by molar-refractivity contribution is -0.137. The van der Waals surface area contributed by atoms with Gasteiger partial charge in [-0.15, -0.1) is 11.3 Å². The highest BCUT2D eigenvalue weighted by Crippen LogP contribution is 2.31. The van der Waals surface area contributed by atoms with Gasteiger partial charge >= 0.3 is 12.1 Å². The van der Waals surface area contributed by atoms with Crippen LogP contribution in [0.3, 0.4) is 0 Å². The second kappa shape index (κ2) is 5.37. The van der Waals surface area contributed by atoms with Gasteiger partial charge in [0.05, 0.1) is 27.5 Å². The van der Waals surface area contributed by atoms with E-state index in [0.29, 0.717) is 11.2 Å². The van der Waals surface area contributed by atoms with E-state index in [9.17, 15) is 18.0 Å². The Hall–Kier alpha value is -1.67. The van der Waals surface area contributed by atoms with Gasteiger partial charge in [0.2, 0.25) is 0 Å². The molecule has 0 aliphatic rings. The smallest absolute Gasteiger partial charge is 0.417 e. The molecule has 0 spiro atoms. The molecule has 9 heteroatoms. The normalized spacial score (nSPS) is 11.6. The molecule has 0 aliphatic heterocycles. The first kappa shape index (κ1) is 14.7. The molecule has 1 N–H and O–H groups in total. The van der Waals surface area contributed by atoms with Crippen LogP contribution in [0.1, 0.15) is 25.9 Å². The number of aromatic nitrogens is 2. The SMILES string of the molecule is O=C(O)c1cnc(Cc2ncc(C(F)(F)F)cc2Cl)s1. The highest BCUT2D eigenvalue weighted by molar-refractivity contribution is 7.13. The second-order valence-electron chi connectivity index (χ2n) is 3.75. The third-order valence-electron chi connectivity index (χ3n) is 2.33. The number of thiazole rings is 1. The zero-order valence-corrected chi connectivity index (χ0v) is 11.2. The fourth-order valence-electron chi connectivity index (χ4n) is 1.39. The molecular formula is C11H6ClF3N2O2S. The molecule has 0 saturated carbocycles. The molecule has 0 saturated heterocycles. The summed E-state index contributed by atoms with van der Waals surface area (Å²) in [6, 6.07) is 0.787. The maximum Gasteiger partial charge on any atom is 0.417 e. The Kier molecular flexibility index (Phi) is 3.96. The van der Waals surface area contributed by atoms with E-state index < -0.39 is 17.7 Å². The van der Waals surface area contributed by atoms with Crippen molar-refractivity contribution in [3.05, 3.63) is 44.6 Å². The van der Waals surface area contributed by atoms with Crippen molar-refractivity contribution in [2.24, 2.45) is 0 Å². The van der Waals surface area contributed by atoms with Crippen molar-refractivity contribution >= 4 is 28.9 Å². The standard InChI is InChI=1S/C11H6ClF3N2O2S/c12-6-1-5(11(13,14)15)3-16-7(6)2-9-17-4-8(20-9)10(18)19/h1,3-4H,2H2,(H,18,19). The van der Waals surface area contributed by atoms with E-state index in [1.165, 1.54) is 6.20 Å². The van der Waals surface area contributed by atoms with Gasteiger partial charge in [-0.1, -0.05) is 11.6 Å². The highest BCUT2D eigenvalue weighted by Gasteiger charge is 2.31. The first-order valence-corrected chi connectivity index (χ1v) is 6.36. The summed E-state index contributed by atoms with van der Waals surface area (Å²) in [6.45, 7) is 0. The van der Waals surface area contributed by atoms with Gasteiger partial charge < -0.3 is 5.11 Å². The Bertz CT molecular complexity index is 657. The van der Waals surface area contributed by atoms with Gasteiger partial charge in [-0.05, 0) is 6.07 Å². The molecule has 2 aromatic rings. The first-order valence-electron chi connectivity index (χ1n) is 5.17. The summed E-state index contributed by atoms with van der Waals surface area (Å²) in [5, 5.41) is 9.03.